The van der Waals surface area contributed by atoms with Crippen LogP contribution in [0.3, 0.4) is 0 Å². The third-order valence-electron chi connectivity index (χ3n) is 3.51. The predicted molar refractivity (Wildman–Crippen MR) is 94.5 cm³/mol. The quantitative estimate of drug-likeness (QED) is 0.586. The van der Waals surface area contributed by atoms with Gasteiger partial charge in [0.2, 0.25) is 5.91 Å². The van der Waals surface area contributed by atoms with Crippen molar-refractivity contribution in [1.29, 1.82) is 0 Å². The van der Waals surface area contributed by atoms with E-state index in [9.17, 15) is 27.7 Å². The van der Waals surface area contributed by atoms with E-state index in [0.717, 1.165) is 18.4 Å². The molecule has 0 radical (unpaired) electrons. The Morgan fingerprint density at radius 3 is 2.50 bits per heavy atom. The molecule has 8 nitrogen and oxygen atoms in total. The Labute approximate surface area is 149 Å². The molecule has 0 aliphatic carbocycles. The Morgan fingerprint density at radius 2 is 1.88 bits per heavy atom. The van der Waals surface area contributed by atoms with Crippen molar-refractivity contribution in [2.75, 3.05) is 23.4 Å². The molecule has 10 heteroatoms. The van der Waals surface area contributed by atoms with Crippen LogP contribution in [-0.2, 0) is 14.6 Å². The van der Waals surface area contributed by atoms with Gasteiger partial charge in [-0.25, -0.2) is 12.8 Å². The highest BCUT2D eigenvalue weighted by Crippen LogP contribution is 2.27. The van der Waals surface area contributed by atoms with Gasteiger partial charge in [-0.2, -0.15) is 0 Å². The lowest BCUT2D eigenvalue weighted by Gasteiger charge is -2.11. The Kier molecular flexibility index (Phi) is 5.56. The Morgan fingerprint density at radius 1 is 1.19 bits per heavy atom. The Hall–Kier alpha value is -3.01. The number of benzene rings is 2. The fourth-order valence-corrected chi connectivity index (χ4v) is 2.78. The molecule has 0 spiro atoms. The minimum atomic E-state index is -3.60. The van der Waals surface area contributed by atoms with Crippen molar-refractivity contribution >= 4 is 32.8 Å². The number of nitro groups is 1. The minimum Gasteiger partial charge on any atom is -0.371 e. The molecule has 0 atom stereocenters. The molecule has 0 aromatic heterocycles. The third-order valence-corrected chi connectivity index (χ3v) is 4.62. The lowest BCUT2D eigenvalue weighted by Crippen LogP contribution is -2.22. The van der Waals surface area contributed by atoms with Crippen molar-refractivity contribution in [1.82, 2.24) is 0 Å². The normalized spacial score (nSPS) is 11.0. The number of nitrogens with one attached hydrogen (secondary N) is 2. The molecule has 0 saturated carbocycles. The van der Waals surface area contributed by atoms with E-state index in [-0.39, 0.29) is 17.1 Å². The molecule has 2 N–H and O–H groups in total. The first kappa shape index (κ1) is 19.3. The smallest absolute Gasteiger partial charge is 0.293 e. The lowest BCUT2D eigenvalue weighted by atomic mass is 10.2. The summed E-state index contributed by atoms with van der Waals surface area (Å²) in [6.07, 6.45) is 0.938. The summed E-state index contributed by atoms with van der Waals surface area (Å²) in [5.74, 6) is -1.05. The Bertz CT molecular complexity index is 976. The number of carbonyl (C=O) groups excluding carboxylic acids is 1. The number of halogens is 1. The largest absolute Gasteiger partial charge is 0.371 e. The van der Waals surface area contributed by atoms with Crippen LogP contribution in [0.2, 0.25) is 0 Å². The predicted octanol–water partition coefficient (Wildman–Crippen LogP) is 2.50. The summed E-state index contributed by atoms with van der Waals surface area (Å²) in [5.41, 5.74) is 0.470. The maximum absolute atomic E-state index is 13.2. The molecule has 0 saturated heterocycles. The van der Waals surface area contributed by atoms with Gasteiger partial charge in [0, 0.05) is 18.0 Å². The van der Waals surface area contributed by atoms with Crippen LogP contribution in [0.4, 0.5) is 21.5 Å². The highest BCUT2D eigenvalue weighted by Gasteiger charge is 2.19. The van der Waals surface area contributed by atoms with Crippen LogP contribution in [0, 0.1) is 22.9 Å². The molecule has 2 aromatic rings. The van der Waals surface area contributed by atoms with Gasteiger partial charge in [-0.1, -0.05) is 6.07 Å². The summed E-state index contributed by atoms with van der Waals surface area (Å²) in [4.78, 5) is 22.2. The number of carbonyl (C=O) groups is 1. The summed E-state index contributed by atoms with van der Waals surface area (Å²) in [5, 5.41) is 16.2. The maximum atomic E-state index is 13.2. The van der Waals surface area contributed by atoms with Crippen LogP contribution >= 0.6 is 0 Å². The molecule has 0 bridgehead atoms. The number of rotatable bonds is 6. The molecule has 0 fully saturated rings. The third kappa shape index (κ3) is 4.76. The van der Waals surface area contributed by atoms with Crippen LogP contribution in [0.5, 0.6) is 0 Å². The van der Waals surface area contributed by atoms with Crippen molar-refractivity contribution in [2.24, 2.45) is 0 Å². The van der Waals surface area contributed by atoms with E-state index < -0.39 is 32.2 Å². The molecule has 0 unspecified atom stereocenters. The van der Waals surface area contributed by atoms with Crippen molar-refractivity contribution in [3.63, 3.8) is 0 Å². The van der Waals surface area contributed by atoms with E-state index in [1.165, 1.54) is 24.3 Å². The molecule has 2 aromatic carbocycles. The number of hydrogen-bond acceptors (Lipinski definition) is 6. The van der Waals surface area contributed by atoms with E-state index in [4.69, 9.17) is 0 Å². The van der Waals surface area contributed by atoms with E-state index in [0.29, 0.717) is 11.3 Å². The molecular formula is C16H16FN3O5S. The van der Waals surface area contributed by atoms with Crippen LogP contribution in [0.15, 0.2) is 41.3 Å². The molecule has 0 aliphatic rings. The van der Waals surface area contributed by atoms with E-state index in [1.807, 2.05) is 0 Å². The topological polar surface area (TPSA) is 118 Å². The van der Waals surface area contributed by atoms with Crippen molar-refractivity contribution in [3.8, 4) is 0 Å². The Balaban J connectivity index is 2.14. The molecule has 0 aliphatic heterocycles. The monoisotopic (exact) mass is 381 g/mol. The second-order valence-corrected chi connectivity index (χ2v) is 7.58. The highest BCUT2D eigenvalue weighted by atomic mass is 32.2. The minimum absolute atomic E-state index is 0.00601. The van der Waals surface area contributed by atoms with Crippen LogP contribution in [0.1, 0.15) is 5.56 Å². The van der Waals surface area contributed by atoms with E-state index in [1.54, 1.807) is 6.92 Å². The fourth-order valence-electron chi connectivity index (χ4n) is 2.14. The number of aryl methyl sites for hydroxylation is 1. The number of nitro benzene ring substituents is 1. The first-order valence-corrected chi connectivity index (χ1v) is 9.25. The van der Waals surface area contributed by atoms with Crippen LogP contribution in [0.25, 0.3) is 0 Å². The second kappa shape index (κ2) is 7.48. The first-order chi connectivity index (χ1) is 12.1. The number of nitrogens with zero attached hydrogens (tertiary/aromatic N) is 1. The standard InChI is InChI=1S/C16H16FN3O5S/c1-10-3-4-11(17)7-14(10)19-16(21)9-18-13-6-5-12(26(2,24)25)8-15(13)20(22)23/h3-8,18H,9H2,1-2H3,(H,19,21). The van der Waals surface area contributed by atoms with Gasteiger partial charge in [-0.15, -0.1) is 0 Å². The van der Waals surface area contributed by atoms with Crippen molar-refractivity contribution in [3.05, 3.63) is 57.9 Å². The van der Waals surface area contributed by atoms with E-state index in [2.05, 4.69) is 10.6 Å². The first-order valence-electron chi connectivity index (χ1n) is 7.36. The number of amides is 1. The SMILES string of the molecule is Cc1ccc(F)cc1NC(=O)CNc1ccc(S(C)(=O)=O)cc1[N+](=O)[O-]. The zero-order valence-corrected chi connectivity index (χ0v) is 14.8. The zero-order valence-electron chi connectivity index (χ0n) is 13.9. The van der Waals surface area contributed by atoms with Gasteiger partial charge >= 0.3 is 0 Å². The number of hydrogen-bond donors (Lipinski definition) is 2. The lowest BCUT2D eigenvalue weighted by molar-refractivity contribution is -0.384. The summed E-state index contributed by atoms with van der Waals surface area (Å²) in [6, 6.07) is 7.28. The molecule has 138 valence electrons. The van der Waals surface area contributed by atoms with Gasteiger partial charge < -0.3 is 10.6 Å². The summed E-state index contributed by atoms with van der Waals surface area (Å²) >= 11 is 0. The molecular weight excluding hydrogens is 365 g/mol. The summed E-state index contributed by atoms with van der Waals surface area (Å²) in [6.45, 7) is 1.37. The van der Waals surface area contributed by atoms with Gasteiger partial charge in [-0.3, -0.25) is 14.9 Å². The van der Waals surface area contributed by atoms with Crippen molar-refractivity contribution in [2.45, 2.75) is 11.8 Å². The van der Waals surface area contributed by atoms with Gasteiger partial charge in [-0.05, 0) is 36.8 Å². The van der Waals surface area contributed by atoms with Crippen LogP contribution in [-0.4, -0.2) is 32.0 Å². The van der Waals surface area contributed by atoms with Crippen LogP contribution < -0.4 is 10.6 Å². The average Bonchev–Trinajstić information content (AvgIpc) is 2.55. The average molecular weight is 381 g/mol. The molecule has 0 heterocycles. The molecule has 26 heavy (non-hydrogen) atoms. The van der Waals surface area contributed by atoms with Crippen molar-refractivity contribution < 1.29 is 22.5 Å². The molecule has 2 rings (SSSR count). The van der Waals surface area contributed by atoms with Gasteiger partial charge in [0.05, 0.1) is 16.4 Å². The van der Waals surface area contributed by atoms with Gasteiger partial charge in [0.25, 0.3) is 5.69 Å². The van der Waals surface area contributed by atoms with Gasteiger partial charge in [0.1, 0.15) is 11.5 Å². The second-order valence-electron chi connectivity index (χ2n) is 5.57. The van der Waals surface area contributed by atoms with E-state index >= 15 is 0 Å². The number of anilines is 2. The maximum Gasteiger partial charge on any atom is 0.293 e. The molecule has 1 amide bonds. The highest BCUT2D eigenvalue weighted by molar-refractivity contribution is 7.90. The fraction of sp³-hybridized carbons (Fsp3) is 0.188. The summed E-state index contributed by atoms with van der Waals surface area (Å²) < 4.78 is 36.3. The zero-order chi connectivity index (χ0) is 19.5. The number of sulfone groups is 1. The summed E-state index contributed by atoms with van der Waals surface area (Å²) in [7, 11) is -3.60. The van der Waals surface area contributed by atoms with Gasteiger partial charge in [0.15, 0.2) is 9.84 Å².